The minimum atomic E-state index is -0.0813. The fourth-order valence-corrected chi connectivity index (χ4v) is 3.14. The molecule has 90 valence electrons. The summed E-state index contributed by atoms with van der Waals surface area (Å²) < 4.78 is 5.15. The lowest BCUT2D eigenvalue weighted by Gasteiger charge is -2.56. The van der Waals surface area contributed by atoms with Gasteiger partial charge in [-0.1, -0.05) is 32.4 Å². The molecule has 0 aromatic rings. The zero-order chi connectivity index (χ0) is 11.8. The normalized spacial score (nSPS) is 30.3. The van der Waals surface area contributed by atoms with Crippen LogP contribution < -0.4 is 0 Å². The van der Waals surface area contributed by atoms with Crippen LogP contribution in [0.1, 0.15) is 46.5 Å². The Labute approximate surface area is 98.1 Å². The standard InChI is InChI=1S/C14H22O2/c1-4-13(15)16-8-7-10-5-6-11-9-12(10)14(11,2)3/h5,11-12H,4,6-9H2,1-3H3/t11-,12-/m0/s1. The van der Waals surface area contributed by atoms with Gasteiger partial charge in [-0.3, -0.25) is 4.79 Å². The number of allylic oxidation sites excluding steroid dienone is 1. The van der Waals surface area contributed by atoms with E-state index >= 15 is 0 Å². The first-order valence-corrected chi connectivity index (χ1v) is 6.40. The first-order chi connectivity index (χ1) is 7.55. The van der Waals surface area contributed by atoms with E-state index < -0.39 is 0 Å². The Bertz CT molecular complexity index is 315. The van der Waals surface area contributed by atoms with Crippen LogP contribution in [0.25, 0.3) is 0 Å². The van der Waals surface area contributed by atoms with Crippen LogP contribution in [-0.2, 0) is 9.53 Å². The highest BCUT2D eigenvalue weighted by atomic mass is 16.5. The van der Waals surface area contributed by atoms with Crippen LogP contribution in [0.5, 0.6) is 0 Å². The molecule has 2 heteroatoms. The largest absolute Gasteiger partial charge is 0.465 e. The van der Waals surface area contributed by atoms with Crippen LogP contribution in [0.3, 0.4) is 0 Å². The van der Waals surface area contributed by atoms with E-state index in [-0.39, 0.29) is 5.97 Å². The van der Waals surface area contributed by atoms with Crippen LogP contribution in [0.2, 0.25) is 0 Å². The van der Waals surface area contributed by atoms with E-state index in [0.29, 0.717) is 18.4 Å². The molecular weight excluding hydrogens is 200 g/mol. The van der Waals surface area contributed by atoms with Gasteiger partial charge in [-0.25, -0.2) is 0 Å². The molecule has 1 fully saturated rings. The number of carbonyl (C=O) groups excluding carboxylic acids is 1. The third kappa shape index (κ3) is 1.90. The van der Waals surface area contributed by atoms with Crippen molar-refractivity contribution >= 4 is 5.97 Å². The lowest BCUT2D eigenvalue weighted by atomic mass is 9.48. The molecule has 0 saturated heterocycles. The molecule has 1 saturated carbocycles. The number of hydrogen-bond acceptors (Lipinski definition) is 2. The van der Waals surface area contributed by atoms with Crippen LogP contribution in [0.4, 0.5) is 0 Å². The number of carbonyl (C=O) groups is 1. The highest BCUT2D eigenvalue weighted by Crippen LogP contribution is 2.59. The summed E-state index contributed by atoms with van der Waals surface area (Å²) in [4.78, 5) is 11.0. The molecule has 0 aromatic carbocycles. The van der Waals surface area contributed by atoms with Crippen molar-refractivity contribution in [2.24, 2.45) is 17.3 Å². The molecule has 0 heterocycles. The Balaban J connectivity index is 1.83. The van der Waals surface area contributed by atoms with E-state index in [9.17, 15) is 4.79 Å². The van der Waals surface area contributed by atoms with Crippen LogP contribution in [-0.4, -0.2) is 12.6 Å². The van der Waals surface area contributed by atoms with Gasteiger partial charge in [0, 0.05) is 12.8 Å². The van der Waals surface area contributed by atoms with Crippen molar-refractivity contribution in [2.75, 3.05) is 6.61 Å². The van der Waals surface area contributed by atoms with Crippen molar-refractivity contribution in [1.82, 2.24) is 0 Å². The summed E-state index contributed by atoms with van der Waals surface area (Å²) >= 11 is 0. The molecule has 2 nitrogen and oxygen atoms in total. The first kappa shape index (κ1) is 11.7. The van der Waals surface area contributed by atoms with Crippen molar-refractivity contribution in [3.63, 3.8) is 0 Å². The maximum Gasteiger partial charge on any atom is 0.305 e. The van der Waals surface area contributed by atoms with Crippen LogP contribution in [0.15, 0.2) is 11.6 Å². The second-order valence-corrected chi connectivity index (χ2v) is 5.65. The summed E-state index contributed by atoms with van der Waals surface area (Å²) in [7, 11) is 0. The van der Waals surface area contributed by atoms with Crippen molar-refractivity contribution in [3.05, 3.63) is 11.6 Å². The molecule has 0 amide bonds. The molecule has 0 unspecified atom stereocenters. The number of hydrogen-bond donors (Lipinski definition) is 0. The van der Waals surface area contributed by atoms with E-state index in [2.05, 4.69) is 19.9 Å². The summed E-state index contributed by atoms with van der Waals surface area (Å²) in [6.45, 7) is 7.14. The molecule has 0 aromatic heterocycles. The van der Waals surface area contributed by atoms with Gasteiger partial charge in [0.2, 0.25) is 0 Å². The molecule has 0 aliphatic heterocycles. The highest BCUT2D eigenvalue weighted by molar-refractivity contribution is 5.68. The average molecular weight is 222 g/mol. The van der Waals surface area contributed by atoms with Crippen LogP contribution >= 0.6 is 0 Å². The summed E-state index contributed by atoms with van der Waals surface area (Å²) in [5, 5.41) is 0. The van der Waals surface area contributed by atoms with Gasteiger partial charge in [-0.05, 0) is 30.1 Å². The van der Waals surface area contributed by atoms with E-state index in [1.807, 2.05) is 6.92 Å². The lowest BCUT2D eigenvalue weighted by molar-refractivity contribution is -0.143. The Hall–Kier alpha value is -0.790. The van der Waals surface area contributed by atoms with Gasteiger partial charge in [0.15, 0.2) is 0 Å². The van der Waals surface area contributed by atoms with Gasteiger partial charge in [0.25, 0.3) is 0 Å². The minimum absolute atomic E-state index is 0.0813. The summed E-state index contributed by atoms with van der Waals surface area (Å²) in [5.41, 5.74) is 2.01. The Morgan fingerprint density at radius 2 is 2.31 bits per heavy atom. The van der Waals surface area contributed by atoms with Gasteiger partial charge in [-0.2, -0.15) is 0 Å². The quantitative estimate of drug-likeness (QED) is 0.539. The van der Waals surface area contributed by atoms with Crippen molar-refractivity contribution in [3.8, 4) is 0 Å². The molecule has 3 aliphatic carbocycles. The first-order valence-electron chi connectivity index (χ1n) is 6.40. The predicted octanol–water partition coefficient (Wildman–Crippen LogP) is 3.32. The highest BCUT2D eigenvalue weighted by Gasteiger charge is 2.50. The number of fused-ring (bicyclic) bond motifs is 1. The smallest absolute Gasteiger partial charge is 0.305 e. The van der Waals surface area contributed by atoms with E-state index in [1.165, 1.54) is 18.4 Å². The predicted molar refractivity (Wildman–Crippen MR) is 63.9 cm³/mol. The second kappa shape index (κ2) is 4.23. The van der Waals surface area contributed by atoms with E-state index in [1.54, 1.807) is 0 Å². The average Bonchev–Trinajstić information content (AvgIpc) is 2.28. The topological polar surface area (TPSA) is 26.3 Å². The molecule has 0 spiro atoms. The number of ether oxygens (including phenoxy) is 1. The molecular formula is C14H22O2. The fourth-order valence-electron chi connectivity index (χ4n) is 3.14. The summed E-state index contributed by atoms with van der Waals surface area (Å²) in [6, 6.07) is 0. The van der Waals surface area contributed by atoms with E-state index in [4.69, 9.17) is 4.74 Å². The monoisotopic (exact) mass is 222 g/mol. The molecule has 0 N–H and O–H groups in total. The third-order valence-electron chi connectivity index (χ3n) is 4.53. The zero-order valence-corrected chi connectivity index (χ0v) is 10.6. The third-order valence-corrected chi connectivity index (χ3v) is 4.53. The SMILES string of the molecule is CCC(=O)OCCC1=CC[C@H]2C[C@@H]1C2(C)C. The maximum atomic E-state index is 11.0. The zero-order valence-electron chi connectivity index (χ0n) is 10.6. The van der Waals surface area contributed by atoms with Crippen molar-refractivity contribution in [1.29, 1.82) is 0 Å². The Kier molecular flexibility index (Phi) is 3.09. The van der Waals surface area contributed by atoms with Gasteiger partial charge in [0.05, 0.1) is 6.61 Å². The van der Waals surface area contributed by atoms with Gasteiger partial charge in [0.1, 0.15) is 0 Å². The van der Waals surface area contributed by atoms with Crippen molar-refractivity contribution in [2.45, 2.75) is 46.5 Å². The van der Waals surface area contributed by atoms with Gasteiger partial charge < -0.3 is 4.74 Å². The van der Waals surface area contributed by atoms with Gasteiger partial charge in [-0.15, -0.1) is 0 Å². The molecule has 3 aliphatic rings. The molecule has 2 bridgehead atoms. The fraction of sp³-hybridized carbons (Fsp3) is 0.786. The summed E-state index contributed by atoms with van der Waals surface area (Å²) in [6.07, 6.45) is 6.37. The molecule has 3 rings (SSSR count). The number of esters is 1. The van der Waals surface area contributed by atoms with Crippen molar-refractivity contribution < 1.29 is 9.53 Å². The second-order valence-electron chi connectivity index (χ2n) is 5.65. The summed E-state index contributed by atoms with van der Waals surface area (Å²) in [5.74, 6) is 1.55. The van der Waals surface area contributed by atoms with E-state index in [0.717, 1.165) is 18.3 Å². The molecule has 0 radical (unpaired) electrons. The Morgan fingerprint density at radius 1 is 1.56 bits per heavy atom. The molecule has 16 heavy (non-hydrogen) atoms. The number of rotatable bonds is 4. The maximum absolute atomic E-state index is 11.0. The lowest BCUT2D eigenvalue weighted by Crippen LogP contribution is -2.48. The van der Waals surface area contributed by atoms with Crippen LogP contribution in [0, 0.1) is 17.3 Å². The Morgan fingerprint density at radius 3 is 2.88 bits per heavy atom. The van der Waals surface area contributed by atoms with Gasteiger partial charge >= 0.3 is 5.97 Å². The molecule has 2 atom stereocenters. The minimum Gasteiger partial charge on any atom is -0.465 e.